The van der Waals surface area contributed by atoms with Crippen molar-refractivity contribution in [1.29, 1.82) is 0 Å². The number of para-hydroxylation sites is 2. The van der Waals surface area contributed by atoms with Crippen LogP contribution in [0.3, 0.4) is 0 Å². The third kappa shape index (κ3) is 5.99. The van der Waals surface area contributed by atoms with E-state index in [2.05, 4.69) is 0 Å². The Morgan fingerprint density at radius 1 is 0.392 bits per heavy atom. The van der Waals surface area contributed by atoms with Gasteiger partial charge in [-0.15, -0.1) is 0 Å². The minimum atomic E-state index is -5.01. The summed E-state index contributed by atoms with van der Waals surface area (Å²) in [7, 11) is 0. The second-order valence-corrected chi connectivity index (χ2v) is 11.9. The molecule has 8 rings (SSSR count). The van der Waals surface area contributed by atoms with Crippen LogP contribution in [0.4, 0.5) is 26.3 Å². The number of alkyl halides is 6. The summed E-state index contributed by atoms with van der Waals surface area (Å²) in [5.74, 6) is 0.873. The van der Waals surface area contributed by atoms with Gasteiger partial charge in [0.25, 0.3) is 0 Å². The summed E-state index contributed by atoms with van der Waals surface area (Å²) in [4.78, 5) is 14.5. The molecule has 0 bridgehead atoms. The van der Waals surface area contributed by atoms with E-state index in [-0.39, 0.29) is 23.0 Å². The van der Waals surface area contributed by atoms with E-state index in [4.69, 9.17) is 15.0 Å². The van der Waals surface area contributed by atoms with E-state index in [0.717, 1.165) is 33.9 Å². The number of nitrogens with zero attached hydrogens (tertiary/aromatic N) is 4. The molecule has 6 aromatic carbocycles. The molecule has 8 aromatic rings. The summed E-state index contributed by atoms with van der Waals surface area (Å²) in [6.07, 6.45) is -10.0. The van der Waals surface area contributed by atoms with E-state index < -0.39 is 23.5 Å². The fourth-order valence-electron chi connectivity index (χ4n) is 6.32. The molecule has 51 heavy (non-hydrogen) atoms. The van der Waals surface area contributed by atoms with Crippen LogP contribution < -0.4 is 0 Å². The number of halogens is 6. The molecule has 2 aromatic heterocycles. The Hall–Kier alpha value is -6.29. The molecule has 0 amide bonds. The molecule has 0 unspecified atom stereocenters. The molecule has 0 aliphatic carbocycles. The van der Waals surface area contributed by atoms with E-state index in [1.54, 1.807) is 12.1 Å². The number of fused-ring (bicyclic) bond motifs is 3. The van der Waals surface area contributed by atoms with Gasteiger partial charge in [-0.05, 0) is 53.6 Å². The first-order valence-corrected chi connectivity index (χ1v) is 15.8. The molecule has 0 saturated carbocycles. The van der Waals surface area contributed by atoms with Crippen molar-refractivity contribution in [3.05, 3.63) is 157 Å². The lowest BCUT2D eigenvalue weighted by Crippen LogP contribution is -2.11. The lowest BCUT2D eigenvalue weighted by molar-refractivity contribution is -0.143. The molecule has 0 saturated heterocycles. The van der Waals surface area contributed by atoms with Crippen molar-refractivity contribution in [2.24, 2.45) is 0 Å². The zero-order chi connectivity index (χ0) is 35.3. The van der Waals surface area contributed by atoms with Gasteiger partial charge >= 0.3 is 12.4 Å². The Labute approximate surface area is 287 Å². The average Bonchev–Trinajstić information content (AvgIpc) is 3.48. The first-order chi connectivity index (χ1) is 24.5. The molecule has 0 aliphatic rings. The topological polar surface area (TPSA) is 43.6 Å². The Morgan fingerprint density at radius 2 is 0.843 bits per heavy atom. The zero-order valence-corrected chi connectivity index (χ0v) is 26.4. The molecular weight excluding hydrogens is 662 g/mol. The summed E-state index contributed by atoms with van der Waals surface area (Å²) in [5.41, 5.74) is 1.07. The van der Waals surface area contributed by atoms with Crippen LogP contribution in [-0.2, 0) is 12.4 Å². The van der Waals surface area contributed by atoms with Crippen LogP contribution in [0.2, 0.25) is 0 Å². The summed E-state index contributed by atoms with van der Waals surface area (Å²) < 4.78 is 85.7. The zero-order valence-electron chi connectivity index (χ0n) is 26.4. The minimum Gasteiger partial charge on any atom is -0.309 e. The molecule has 2 heterocycles. The van der Waals surface area contributed by atoms with Gasteiger partial charge in [-0.25, -0.2) is 15.0 Å². The molecule has 0 N–H and O–H groups in total. The Kier molecular flexibility index (Phi) is 7.67. The van der Waals surface area contributed by atoms with Crippen molar-refractivity contribution in [1.82, 2.24) is 19.5 Å². The van der Waals surface area contributed by atoms with Gasteiger partial charge in [0.05, 0.1) is 27.8 Å². The van der Waals surface area contributed by atoms with Crippen molar-refractivity contribution in [3.8, 4) is 51.0 Å². The summed E-state index contributed by atoms with van der Waals surface area (Å²) in [5, 5.41) is 1.92. The Morgan fingerprint density at radius 3 is 1.33 bits per heavy atom. The first-order valence-electron chi connectivity index (χ1n) is 15.8. The highest BCUT2D eigenvalue weighted by molar-refractivity contribution is 6.09. The van der Waals surface area contributed by atoms with Crippen molar-refractivity contribution in [2.45, 2.75) is 12.4 Å². The highest BCUT2D eigenvalue weighted by Gasteiger charge is 2.37. The van der Waals surface area contributed by atoms with Crippen LogP contribution >= 0.6 is 0 Å². The van der Waals surface area contributed by atoms with Gasteiger partial charge < -0.3 is 4.57 Å². The summed E-state index contributed by atoms with van der Waals surface area (Å²) in [6.45, 7) is 0. The monoisotopic (exact) mass is 686 g/mol. The van der Waals surface area contributed by atoms with Gasteiger partial charge in [-0.3, -0.25) is 0 Å². The lowest BCUT2D eigenvalue weighted by Gasteiger charge is -2.18. The fraction of sp³-hybridized carbons (Fsp3) is 0.0488. The lowest BCUT2D eigenvalue weighted by atomic mass is 9.96. The van der Waals surface area contributed by atoms with Gasteiger partial charge in [0, 0.05) is 27.5 Å². The quantitative estimate of drug-likeness (QED) is 0.169. The normalized spacial score (nSPS) is 12.1. The number of benzene rings is 6. The first kappa shape index (κ1) is 31.9. The largest absolute Gasteiger partial charge is 0.416 e. The number of hydrogen-bond acceptors (Lipinski definition) is 3. The second-order valence-electron chi connectivity index (χ2n) is 11.9. The maximum Gasteiger partial charge on any atom is 0.416 e. The SMILES string of the molecule is FC(F)(F)c1cc(-c2ccc(-n3c4ccccc4c4ccccc43)c(-c3nc(-c4ccccc4)nc(-c4ccccc4)n3)c2)cc(C(F)(F)F)c1. The molecule has 0 spiro atoms. The van der Waals surface area contributed by atoms with Crippen LogP contribution in [0, 0.1) is 0 Å². The van der Waals surface area contributed by atoms with Crippen molar-refractivity contribution in [2.75, 3.05) is 0 Å². The molecule has 10 heteroatoms. The molecule has 0 fully saturated rings. The van der Waals surface area contributed by atoms with Crippen LogP contribution in [0.5, 0.6) is 0 Å². The summed E-state index contributed by atoms with van der Waals surface area (Å²) in [6, 6.07) is 40.4. The number of aromatic nitrogens is 4. The molecule has 0 aliphatic heterocycles. The van der Waals surface area contributed by atoms with Gasteiger partial charge in [0.2, 0.25) is 0 Å². The van der Waals surface area contributed by atoms with Crippen LogP contribution in [0.1, 0.15) is 11.1 Å². The maximum atomic E-state index is 14.0. The predicted molar refractivity (Wildman–Crippen MR) is 186 cm³/mol. The van der Waals surface area contributed by atoms with E-state index in [1.807, 2.05) is 114 Å². The van der Waals surface area contributed by atoms with E-state index in [1.165, 1.54) is 6.07 Å². The van der Waals surface area contributed by atoms with Crippen LogP contribution in [0.25, 0.3) is 72.8 Å². The minimum absolute atomic E-state index is 0.119. The van der Waals surface area contributed by atoms with Gasteiger partial charge in [-0.1, -0.05) is 103 Å². The maximum absolute atomic E-state index is 14.0. The second kappa shape index (κ2) is 12.2. The third-order valence-electron chi connectivity index (χ3n) is 8.68. The molecule has 4 nitrogen and oxygen atoms in total. The van der Waals surface area contributed by atoms with Crippen LogP contribution in [-0.4, -0.2) is 19.5 Å². The van der Waals surface area contributed by atoms with E-state index in [0.29, 0.717) is 34.0 Å². The molecule has 250 valence electrons. The number of hydrogen-bond donors (Lipinski definition) is 0. The van der Waals surface area contributed by atoms with Crippen molar-refractivity contribution >= 4 is 21.8 Å². The van der Waals surface area contributed by atoms with Crippen molar-refractivity contribution < 1.29 is 26.3 Å². The van der Waals surface area contributed by atoms with Crippen molar-refractivity contribution in [3.63, 3.8) is 0 Å². The van der Waals surface area contributed by atoms with E-state index in [9.17, 15) is 26.3 Å². The van der Waals surface area contributed by atoms with E-state index >= 15 is 0 Å². The molecule has 0 radical (unpaired) electrons. The highest BCUT2D eigenvalue weighted by Crippen LogP contribution is 2.41. The molecular formula is C41H24F6N4. The van der Waals surface area contributed by atoms with Gasteiger partial charge in [0.15, 0.2) is 17.5 Å². The highest BCUT2D eigenvalue weighted by atomic mass is 19.4. The smallest absolute Gasteiger partial charge is 0.309 e. The summed E-state index contributed by atoms with van der Waals surface area (Å²) >= 11 is 0. The fourth-order valence-corrected chi connectivity index (χ4v) is 6.32. The standard InChI is InChI=1S/C41H24F6N4/c42-40(43,44)29-21-28(22-30(24-29)41(45,46)47)27-19-20-36(51-34-17-9-7-15-31(34)32-16-8-10-18-35(32)51)33(23-27)39-49-37(25-11-3-1-4-12-25)48-38(50-39)26-13-5-2-6-14-26/h1-24H. The Balaban J connectivity index is 1.46. The van der Waals surface area contributed by atoms with Crippen LogP contribution in [0.15, 0.2) is 146 Å². The van der Waals surface area contributed by atoms with Gasteiger partial charge in [0.1, 0.15) is 0 Å². The molecule has 0 atom stereocenters. The number of rotatable bonds is 5. The van der Waals surface area contributed by atoms with Gasteiger partial charge in [-0.2, -0.15) is 26.3 Å². The average molecular weight is 687 g/mol. The predicted octanol–water partition coefficient (Wildman–Crippen LogP) is 11.7. The Bertz CT molecular complexity index is 2410. The third-order valence-corrected chi connectivity index (χ3v) is 8.68.